The average Bonchev–Trinajstić information content (AvgIpc) is 2.41. The van der Waals surface area contributed by atoms with E-state index in [1.165, 1.54) is 0 Å². The Balaban J connectivity index is 1.94. The van der Waals surface area contributed by atoms with Gasteiger partial charge in [-0.15, -0.1) is 0 Å². The van der Waals surface area contributed by atoms with Crippen LogP contribution in [0.2, 0.25) is 0 Å². The van der Waals surface area contributed by atoms with Crippen LogP contribution in [-0.2, 0) is 11.2 Å². The Bertz CT molecular complexity index is 579. The van der Waals surface area contributed by atoms with Gasteiger partial charge in [0.2, 0.25) is 5.91 Å². The normalized spacial score (nSPS) is 10.1. The van der Waals surface area contributed by atoms with Crippen molar-refractivity contribution in [3.05, 3.63) is 53.7 Å². The molecule has 1 N–H and O–H groups in total. The van der Waals surface area contributed by atoms with Crippen molar-refractivity contribution in [1.82, 2.24) is 4.98 Å². The summed E-state index contributed by atoms with van der Waals surface area (Å²) in [7, 11) is 0. The second kappa shape index (κ2) is 6.70. The predicted molar refractivity (Wildman–Crippen MR) is 78.9 cm³/mol. The van der Waals surface area contributed by atoms with E-state index in [4.69, 9.17) is 4.74 Å². The number of rotatable bonds is 5. The van der Waals surface area contributed by atoms with Crippen LogP contribution in [0.4, 0.5) is 5.82 Å². The SMILES string of the molecule is CCOc1ccc(CC(=O)Nc2cc(C)ccn2)cc1. The lowest BCUT2D eigenvalue weighted by Gasteiger charge is -2.06. The lowest BCUT2D eigenvalue weighted by Crippen LogP contribution is -2.15. The molecule has 1 heterocycles. The highest BCUT2D eigenvalue weighted by molar-refractivity contribution is 5.91. The third kappa shape index (κ3) is 4.09. The Hall–Kier alpha value is -2.36. The number of nitrogens with one attached hydrogen (secondary N) is 1. The van der Waals surface area contributed by atoms with Gasteiger partial charge in [0.25, 0.3) is 0 Å². The first-order chi connectivity index (χ1) is 9.67. The largest absolute Gasteiger partial charge is 0.494 e. The van der Waals surface area contributed by atoms with Gasteiger partial charge in [-0.2, -0.15) is 0 Å². The summed E-state index contributed by atoms with van der Waals surface area (Å²) in [4.78, 5) is 16.0. The molecule has 0 spiro atoms. The van der Waals surface area contributed by atoms with Gasteiger partial charge in [-0.05, 0) is 49.2 Å². The lowest BCUT2D eigenvalue weighted by molar-refractivity contribution is -0.115. The second-order valence-electron chi connectivity index (χ2n) is 4.52. The Labute approximate surface area is 118 Å². The Morgan fingerprint density at radius 3 is 2.65 bits per heavy atom. The molecular formula is C16H18N2O2. The molecule has 0 saturated carbocycles. The van der Waals surface area contributed by atoms with Gasteiger partial charge < -0.3 is 10.1 Å². The molecule has 0 atom stereocenters. The molecule has 4 heteroatoms. The molecule has 0 aliphatic carbocycles. The molecule has 1 aromatic carbocycles. The van der Waals surface area contributed by atoms with Crippen LogP contribution >= 0.6 is 0 Å². The fourth-order valence-electron chi connectivity index (χ4n) is 1.85. The molecule has 0 radical (unpaired) electrons. The van der Waals surface area contributed by atoms with Crippen molar-refractivity contribution in [3.63, 3.8) is 0 Å². The highest BCUT2D eigenvalue weighted by atomic mass is 16.5. The maximum Gasteiger partial charge on any atom is 0.229 e. The van der Waals surface area contributed by atoms with Crippen LogP contribution in [0.25, 0.3) is 0 Å². The van der Waals surface area contributed by atoms with Crippen molar-refractivity contribution < 1.29 is 9.53 Å². The molecule has 0 unspecified atom stereocenters. The summed E-state index contributed by atoms with van der Waals surface area (Å²) < 4.78 is 5.36. The topological polar surface area (TPSA) is 51.2 Å². The van der Waals surface area contributed by atoms with Crippen LogP contribution in [0.3, 0.4) is 0 Å². The molecule has 0 bridgehead atoms. The van der Waals surface area contributed by atoms with E-state index in [1.54, 1.807) is 6.20 Å². The molecule has 104 valence electrons. The zero-order valence-electron chi connectivity index (χ0n) is 11.7. The molecule has 0 aliphatic heterocycles. The van der Waals surface area contributed by atoms with Crippen molar-refractivity contribution >= 4 is 11.7 Å². The standard InChI is InChI=1S/C16H18N2O2/c1-3-20-14-6-4-13(5-7-14)11-16(19)18-15-10-12(2)8-9-17-15/h4-10H,3,11H2,1-2H3,(H,17,18,19). The molecule has 0 saturated heterocycles. The average molecular weight is 270 g/mol. The smallest absolute Gasteiger partial charge is 0.229 e. The number of aromatic nitrogens is 1. The Kier molecular flexibility index (Phi) is 4.71. The third-order valence-corrected chi connectivity index (χ3v) is 2.78. The van der Waals surface area contributed by atoms with E-state index in [1.807, 2.05) is 50.2 Å². The number of amides is 1. The molecule has 4 nitrogen and oxygen atoms in total. The highest BCUT2D eigenvalue weighted by Gasteiger charge is 2.05. The molecule has 0 aliphatic rings. The first-order valence-corrected chi connectivity index (χ1v) is 6.61. The number of carbonyl (C=O) groups excluding carboxylic acids is 1. The minimum absolute atomic E-state index is 0.0766. The number of anilines is 1. The summed E-state index contributed by atoms with van der Waals surface area (Å²) in [5.74, 6) is 1.32. The highest BCUT2D eigenvalue weighted by Crippen LogP contribution is 2.13. The first kappa shape index (κ1) is 14.1. The van der Waals surface area contributed by atoms with Crippen LogP contribution in [0.5, 0.6) is 5.75 Å². The number of carbonyl (C=O) groups is 1. The van der Waals surface area contributed by atoms with E-state index >= 15 is 0 Å². The zero-order valence-corrected chi connectivity index (χ0v) is 11.7. The van der Waals surface area contributed by atoms with Crippen molar-refractivity contribution in [2.24, 2.45) is 0 Å². The molecule has 20 heavy (non-hydrogen) atoms. The van der Waals surface area contributed by atoms with Crippen molar-refractivity contribution in [2.45, 2.75) is 20.3 Å². The number of pyridine rings is 1. The maximum atomic E-state index is 11.9. The van der Waals surface area contributed by atoms with Crippen LogP contribution in [0, 0.1) is 6.92 Å². The number of ether oxygens (including phenoxy) is 1. The molecule has 1 amide bonds. The summed E-state index contributed by atoms with van der Waals surface area (Å²) >= 11 is 0. The summed E-state index contributed by atoms with van der Waals surface area (Å²) in [5, 5.41) is 2.79. The van der Waals surface area contributed by atoms with Gasteiger partial charge in [-0.3, -0.25) is 4.79 Å². The maximum absolute atomic E-state index is 11.9. The first-order valence-electron chi connectivity index (χ1n) is 6.61. The third-order valence-electron chi connectivity index (χ3n) is 2.78. The molecule has 2 aromatic rings. The fraction of sp³-hybridized carbons (Fsp3) is 0.250. The second-order valence-corrected chi connectivity index (χ2v) is 4.52. The van der Waals surface area contributed by atoms with E-state index in [2.05, 4.69) is 10.3 Å². The zero-order chi connectivity index (χ0) is 14.4. The van der Waals surface area contributed by atoms with Gasteiger partial charge >= 0.3 is 0 Å². The number of hydrogen-bond donors (Lipinski definition) is 1. The summed E-state index contributed by atoms with van der Waals surface area (Å²) in [5.41, 5.74) is 2.01. The van der Waals surface area contributed by atoms with E-state index < -0.39 is 0 Å². The van der Waals surface area contributed by atoms with Crippen LogP contribution in [0.1, 0.15) is 18.1 Å². The van der Waals surface area contributed by atoms with Crippen molar-refractivity contribution in [1.29, 1.82) is 0 Å². The summed E-state index contributed by atoms with van der Waals surface area (Å²) in [6.07, 6.45) is 2.00. The minimum Gasteiger partial charge on any atom is -0.494 e. The number of hydrogen-bond acceptors (Lipinski definition) is 3. The molecule has 2 rings (SSSR count). The van der Waals surface area contributed by atoms with E-state index in [0.717, 1.165) is 16.9 Å². The predicted octanol–water partition coefficient (Wildman–Crippen LogP) is 2.97. The van der Waals surface area contributed by atoms with Gasteiger partial charge in [0.05, 0.1) is 13.0 Å². The quantitative estimate of drug-likeness (QED) is 0.908. The van der Waals surface area contributed by atoms with Crippen molar-refractivity contribution in [3.8, 4) is 5.75 Å². The van der Waals surface area contributed by atoms with E-state index in [-0.39, 0.29) is 5.91 Å². The van der Waals surface area contributed by atoms with Gasteiger partial charge in [-0.1, -0.05) is 12.1 Å². The van der Waals surface area contributed by atoms with Crippen LogP contribution in [0.15, 0.2) is 42.6 Å². The Morgan fingerprint density at radius 2 is 2.00 bits per heavy atom. The van der Waals surface area contributed by atoms with Gasteiger partial charge in [0.15, 0.2) is 0 Å². The van der Waals surface area contributed by atoms with Crippen LogP contribution in [-0.4, -0.2) is 17.5 Å². The molecule has 0 fully saturated rings. The van der Waals surface area contributed by atoms with Gasteiger partial charge in [-0.25, -0.2) is 4.98 Å². The fourth-order valence-corrected chi connectivity index (χ4v) is 1.85. The minimum atomic E-state index is -0.0766. The van der Waals surface area contributed by atoms with Crippen molar-refractivity contribution in [2.75, 3.05) is 11.9 Å². The monoisotopic (exact) mass is 270 g/mol. The number of nitrogens with zero attached hydrogens (tertiary/aromatic N) is 1. The summed E-state index contributed by atoms with van der Waals surface area (Å²) in [6, 6.07) is 11.3. The van der Waals surface area contributed by atoms with Crippen LogP contribution < -0.4 is 10.1 Å². The Morgan fingerprint density at radius 1 is 1.25 bits per heavy atom. The van der Waals surface area contributed by atoms with E-state index in [9.17, 15) is 4.79 Å². The number of aryl methyl sites for hydroxylation is 1. The number of benzene rings is 1. The lowest BCUT2D eigenvalue weighted by atomic mass is 10.1. The summed E-state index contributed by atoms with van der Waals surface area (Å²) in [6.45, 7) is 4.54. The molecular weight excluding hydrogens is 252 g/mol. The van der Waals surface area contributed by atoms with Gasteiger partial charge in [0.1, 0.15) is 11.6 Å². The molecule has 1 aromatic heterocycles. The van der Waals surface area contributed by atoms with E-state index in [0.29, 0.717) is 18.8 Å². The van der Waals surface area contributed by atoms with Gasteiger partial charge in [0, 0.05) is 6.20 Å².